The largest absolute Gasteiger partial charge is 0.361 e. The Labute approximate surface area is 151 Å². The molecule has 130 valence electrons. The van der Waals surface area contributed by atoms with Gasteiger partial charge in [0.1, 0.15) is 0 Å². The number of carbonyl (C=O) groups is 2. The average Bonchev–Trinajstić information content (AvgIpc) is 3.34. The van der Waals surface area contributed by atoms with Gasteiger partial charge in [-0.05, 0) is 47.7 Å². The predicted molar refractivity (Wildman–Crippen MR) is 101 cm³/mol. The molecule has 0 fully saturated rings. The number of nitrogens with one attached hydrogen (secondary N) is 2. The van der Waals surface area contributed by atoms with Gasteiger partial charge in [0, 0.05) is 35.8 Å². The van der Waals surface area contributed by atoms with E-state index in [1.54, 1.807) is 0 Å². The number of rotatable bonds is 4. The third kappa shape index (κ3) is 2.31. The molecule has 2 N–H and O–H groups in total. The van der Waals surface area contributed by atoms with Gasteiger partial charge in [0.2, 0.25) is 5.91 Å². The highest BCUT2D eigenvalue weighted by Gasteiger charge is 2.34. The first kappa shape index (κ1) is 15.2. The first-order valence-electron chi connectivity index (χ1n) is 9.00. The van der Waals surface area contributed by atoms with Crippen molar-refractivity contribution in [3.63, 3.8) is 0 Å². The van der Waals surface area contributed by atoms with Crippen LogP contribution in [0.15, 0.2) is 42.6 Å². The molecule has 5 rings (SSSR count). The van der Waals surface area contributed by atoms with Crippen LogP contribution in [0, 0.1) is 0 Å². The van der Waals surface area contributed by atoms with Gasteiger partial charge in [-0.25, -0.2) is 0 Å². The summed E-state index contributed by atoms with van der Waals surface area (Å²) in [5.41, 5.74) is 6.14. The molecule has 0 bridgehead atoms. The molecule has 0 spiro atoms. The molecular weight excluding hydrogens is 326 g/mol. The molecule has 5 nitrogen and oxygen atoms in total. The number of benzene rings is 2. The molecule has 0 atom stereocenters. The number of amides is 2. The van der Waals surface area contributed by atoms with Crippen molar-refractivity contribution in [2.75, 3.05) is 18.0 Å². The van der Waals surface area contributed by atoms with E-state index in [0.29, 0.717) is 18.5 Å². The molecule has 1 aromatic heterocycles. The smallest absolute Gasteiger partial charge is 0.251 e. The number of para-hydroxylation sites is 1. The van der Waals surface area contributed by atoms with Gasteiger partial charge in [-0.15, -0.1) is 0 Å². The maximum Gasteiger partial charge on any atom is 0.251 e. The summed E-state index contributed by atoms with van der Waals surface area (Å²) in [6, 6.07) is 12.0. The van der Waals surface area contributed by atoms with Crippen LogP contribution in [-0.2, 0) is 24.1 Å². The normalized spacial score (nSPS) is 14.9. The molecule has 2 aliphatic heterocycles. The number of H-pyrrole nitrogens is 1. The van der Waals surface area contributed by atoms with Crippen LogP contribution in [-0.4, -0.2) is 29.9 Å². The summed E-state index contributed by atoms with van der Waals surface area (Å²) in [6.45, 7) is 1.32. The van der Waals surface area contributed by atoms with Crippen LogP contribution in [0.25, 0.3) is 10.9 Å². The molecule has 2 aromatic carbocycles. The summed E-state index contributed by atoms with van der Waals surface area (Å²) < 4.78 is 0. The molecule has 0 saturated heterocycles. The number of aromatic amines is 1. The van der Waals surface area contributed by atoms with Gasteiger partial charge in [0.15, 0.2) is 0 Å². The summed E-state index contributed by atoms with van der Waals surface area (Å²) in [7, 11) is 0. The van der Waals surface area contributed by atoms with Crippen LogP contribution in [0.5, 0.6) is 0 Å². The van der Waals surface area contributed by atoms with Gasteiger partial charge in [0.05, 0.1) is 12.1 Å². The van der Waals surface area contributed by atoms with E-state index in [1.165, 1.54) is 10.9 Å². The first-order valence-corrected chi connectivity index (χ1v) is 9.00. The standard InChI is InChI=1S/C21H19N3O2/c25-19-11-15-10-16(9-13-6-8-24(19)20(13)15)21(26)22-7-5-14-12-23-18-4-2-1-3-17(14)18/h1-4,9-10,12,23H,5-8,11H2,(H,22,26). The highest BCUT2D eigenvalue weighted by molar-refractivity contribution is 6.05. The number of aromatic nitrogens is 1. The molecule has 3 heterocycles. The minimum Gasteiger partial charge on any atom is -0.361 e. The fraction of sp³-hybridized carbons (Fsp3) is 0.238. The lowest BCUT2D eigenvalue weighted by molar-refractivity contribution is -0.117. The fourth-order valence-electron chi connectivity index (χ4n) is 4.17. The van der Waals surface area contributed by atoms with E-state index in [-0.39, 0.29) is 11.8 Å². The van der Waals surface area contributed by atoms with E-state index in [4.69, 9.17) is 0 Å². The van der Waals surface area contributed by atoms with E-state index < -0.39 is 0 Å². The monoisotopic (exact) mass is 345 g/mol. The van der Waals surface area contributed by atoms with Crippen LogP contribution in [0.1, 0.15) is 27.0 Å². The Kier molecular flexibility index (Phi) is 3.35. The lowest BCUT2D eigenvalue weighted by Gasteiger charge is -2.10. The van der Waals surface area contributed by atoms with Crippen molar-refractivity contribution in [3.05, 3.63) is 64.8 Å². The molecule has 2 aliphatic rings. The number of carbonyl (C=O) groups excluding carboxylic acids is 2. The lowest BCUT2D eigenvalue weighted by Crippen LogP contribution is -2.25. The summed E-state index contributed by atoms with van der Waals surface area (Å²) in [6.07, 6.45) is 4.04. The number of nitrogens with zero attached hydrogens (tertiary/aromatic N) is 1. The fourth-order valence-corrected chi connectivity index (χ4v) is 4.17. The third-order valence-corrected chi connectivity index (χ3v) is 5.40. The second-order valence-corrected chi connectivity index (χ2v) is 6.98. The maximum absolute atomic E-state index is 12.6. The Morgan fingerprint density at radius 2 is 2.04 bits per heavy atom. The number of hydrogen-bond acceptors (Lipinski definition) is 2. The minimum absolute atomic E-state index is 0.0679. The van der Waals surface area contributed by atoms with E-state index in [1.807, 2.05) is 35.4 Å². The highest BCUT2D eigenvalue weighted by atomic mass is 16.2. The van der Waals surface area contributed by atoms with Crippen molar-refractivity contribution in [2.24, 2.45) is 0 Å². The lowest BCUT2D eigenvalue weighted by atomic mass is 10.0. The van der Waals surface area contributed by atoms with E-state index >= 15 is 0 Å². The number of anilines is 1. The molecular formula is C21H19N3O2. The molecule has 3 aromatic rings. The van der Waals surface area contributed by atoms with Gasteiger partial charge in [-0.2, -0.15) is 0 Å². The SMILES string of the molecule is O=C(NCCc1c[nH]c2ccccc12)c1cc2c3c(c1)CC(=O)N3CC2. The Bertz CT molecular complexity index is 1050. The zero-order valence-electron chi connectivity index (χ0n) is 14.3. The van der Waals surface area contributed by atoms with Crippen LogP contribution in [0.4, 0.5) is 5.69 Å². The van der Waals surface area contributed by atoms with Gasteiger partial charge in [-0.3, -0.25) is 9.59 Å². The molecule has 0 unspecified atom stereocenters. The van der Waals surface area contributed by atoms with Crippen LogP contribution >= 0.6 is 0 Å². The maximum atomic E-state index is 12.6. The predicted octanol–water partition coefficient (Wildman–Crippen LogP) is 2.59. The van der Waals surface area contributed by atoms with Crippen molar-refractivity contribution < 1.29 is 9.59 Å². The van der Waals surface area contributed by atoms with Gasteiger partial charge in [0.25, 0.3) is 5.91 Å². The summed E-state index contributed by atoms with van der Waals surface area (Å²) in [5, 5.41) is 4.22. The van der Waals surface area contributed by atoms with Crippen LogP contribution < -0.4 is 10.2 Å². The third-order valence-electron chi connectivity index (χ3n) is 5.40. The van der Waals surface area contributed by atoms with Crippen molar-refractivity contribution in [2.45, 2.75) is 19.3 Å². The second-order valence-electron chi connectivity index (χ2n) is 6.98. The Morgan fingerprint density at radius 1 is 1.19 bits per heavy atom. The van der Waals surface area contributed by atoms with Gasteiger partial charge < -0.3 is 15.2 Å². The number of hydrogen-bond donors (Lipinski definition) is 2. The minimum atomic E-state index is -0.0679. The molecule has 2 amide bonds. The molecule has 0 radical (unpaired) electrons. The Morgan fingerprint density at radius 3 is 2.96 bits per heavy atom. The van der Waals surface area contributed by atoms with E-state index in [0.717, 1.165) is 41.7 Å². The second kappa shape index (κ2) is 5.73. The van der Waals surface area contributed by atoms with E-state index in [2.05, 4.69) is 22.4 Å². The Balaban J connectivity index is 1.30. The van der Waals surface area contributed by atoms with Crippen LogP contribution in [0.2, 0.25) is 0 Å². The topological polar surface area (TPSA) is 65.2 Å². The summed E-state index contributed by atoms with van der Waals surface area (Å²) in [4.78, 5) is 29.7. The zero-order chi connectivity index (χ0) is 17.7. The molecule has 0 aliphatic carbocycles. The quantitative estimate of drug-likeness (QED) is 0.763. The molecule has 5 heteroatoms. The van der Waals surface area contributed by atoms with Crippen molar-refractivity contribution in [1.29, 1.82) is 0 Å². The van der Waals surface area contributed by atoms with Gasteiger partial charge in [-0.1, -0.05) is 18.2 Å². The number of fused-ring (bicyclic) bond motifs is 1. The summed E-state index contributed by atoms with van der Waals surface area (Å²) in [5.74, 6) is 0.0809. The van der Waals surface area contributed by atoms with Crippen molar-refractivity contribution in [3.8, 4) is 0 Å². The molecule has 26 heavy (non-hydrogen) atoms. The van der Waals surface area contributed by atoms with Crippen molar-refractivity contribution in [1.82, 2.24) is 10.3 Å². The first-order chi connectivity index (χ1) is 12.7. The van der Waals surface area contributed by atoms with Gasteiger partial charge >= 0.3 is 0 Å². The Hall–Kier alpha value is -3.08. The summed E-state index contributed by atoms with van der Waals surface area (Å²) >= 11 is 0. The highest BCUT2D eigenvalue weighted by Crippen LogP contribution is 2.38. The molecule has 0 saturated carbocycles. The zero-order valence-corrected chi connectivity index (χ0v) is 14.3. The van der Waals surface area contributed by atoms with E-state index in [9.17, 15) is 9.59 Å². The van der Waals surface area contributed by atoms with Crippen molar-refractivity contribution >= 4 is 28.4 Å². The average molecular weight is 345 g/mol. The van der Waals surface area contributed by atoms with Crippen LogP contribution in [0.3, 0.4) is 0 Å².